The maximum Gasteiger partial charge on any atom is 0.427 e. The van der Waals surface area contributed by atoms with Crippen LogP contribution in [0.15, 0.2) is 5.10 Å². The molecule has 1 atom stereocenters. The second kappa shape index (κ2) is 7.22. The van der Waals surface area contributed by atoms with E-state index < -0.39 is 6.09 Å². The first-order chi connectivity index (χ1) is 7.77. The Hall–Kier alpha value is -1.10. The average molecular weight is 228 g/mol. The molecule has 1 fully saturated rings. The lowest BCUT2D eigenvalue weighted by molar-refractivity contribution is 0.0843. The molecule has 5 heteroatoms. The second-order valence-corrected chi connectivity index (χ2v) is 3.81. The van der Waals surface area contributed by atoms with Crippen LogP contribution in [0.5, 0.6) is 0 Å². The summed E-state index contributed by atoms with van der Waals surface area (Å²) in [5.74, 6) is 0. The van der Waals surface area contributed by atoms with Crippen molar-refractivity contribution in [2.75, 3.05) is 13.7 Å². The van der Waals surface area contributed by atoms with E-state index in [1.54, 1.807) is 0 Å². The lowest BCUT2D eigenvalue weighted by atomic mass is 9.95. The predicted octanol–water partition coefficient (Wildman–Crippen LogP) is 2.07. The van der Waals surface area contributed by atoms with E-state index in [1.807, 2.05) is 0 Å². The van der Waals surface area contributed by atoms with Crippen molar-refractivity contribution in [3.8, 4) is 0 Å². The molecule has 5 nitrogen and oxygen atoms in total. The van der Waals surface area contributed by atoms with Crippen LogP contribution in [0.3, 0.4) is 0 Å². The van der Waals surface area contributed by atoms with Crippen LogP contribution in [0.1, 0.15) is 39.0 Å². The van der Waals surface area contributed by atoms with E-state index >= 15 is 0 Å². The summed E-state index contributed by atoms with van der Waals surface area (Å²) < 4.78 is 10.1. The largest absolute Gasteiger partial charge is 0.452 e. The van der Waals surface area contributed by atoms with Gasteiger partial charge in [0.1, 0.15) is 0 Å². The molecule has 1 saturated carbocycles. The monoisotopic (exact) mass is 228 g/mol. The van der Waals surface area contributed by atoms with Gasteiger partial charge in [-0.05, 0) is 25.7 Å². The highest BCUT2D eigenvalue weighted by Gasteiger charge is 2.21. The Morgan fingerprint density at radius 3 is 3.06 bits per heavy atom. The summed E-state index contributed by atoms with van der Waals surface area (Å²) in [5, 5.41) is 4.06. The first kappa shape index (κ1) is 13.0. The summed E-state index contributed by atoms with van der Waals surface area (Å²) in [5.41, 5.74) is 3.28. The fourth-order valence-corrected chi connectivity index (χ4v) is 1.69. The molecule has 0 aliphatic heterocycles. The summed E-state index contributed by atoms with van der Waals surface area (Å²) in [6.07, 6.45) is 4.66. The number of hydrogen-bond acceptors (Lipinski definition) is 4. The van der Waals surface area contributed by atoms with Crippen LogP contribution in [0.25, 0.3) is 0 Å². The molecule has 0 bridgehead atoms. The molecule has 0 aromatic rings. The molecule has 1 rings (SSSR count). The van der Waals surface area contributed by atoms with Gasteiger partial charge in [0.2, 0.25) is 0 Å². The van der Waals surface area contributed by atoms with Gasteiger partial charge in [-0.3, -0.25) is 0 Å². The molecule has 0 heterocycles. The Labute approximate surface area is 96.2 Å². The number of ether oxygens (including phenoxy) is 2. The number of amides is 1. The molecule has 1 unspecified atom stereocenters. The van der Waals surface area contributed by atoms with E-state index in [0.29, 0.717) is 0 Å². The Morgan fingerprint density at radius 2 is 2.38 bits per heavy atom. The van der Waals surface area contributed by atoms with E-state index in [-0.39, 0.29) is 6.10 Å². The number of hydrogen-bond donors (Lipinski definition) is 1. The van der Waals surface area contributed by atoms with Crippen LogP contribution in [-0.2, 0) is 9.47 Å². The molecular formula is C11H20N2O3. The van der Waals surface area contributed by atoms with Crippen LogP contribution < -0.4 is 5.43 Å². The van der Waals surface area contributed by atoms with Crippen molar-refractivity contribution in [2.24, 2.45) is 5.10 Å². The highest BCUT2D eigenvalue weighted by atomic mass is 16.5. The minimum Gasteiger partial charge on any atom is -0.452 e. The van der Waals surface area contributed by atoms with Gasteiger partial charge in [0.05, 0.1) is 18.9 Å². The SMILES string of the molecule is CCCOC1CCCC/C1=N/NC(=O)OC. The zero-order chi connectivity index (χ0) is 11.8. The third-order valence-electron chi connectivity index (χ3n) is 2.52. The van der Waals surface area contributed by atoms with E-state index in [2.05, 4.69) is 22.2 Å². The number of nitrogens with one attached hydrogen (secondary N) is 1. The molecule has 1 aliphatic rings. The maximum atomic E-state index is 10.9. The summed E-state index contributed by atoms with van der Waals surface area (Å²) in [6.45, 7) is 2.81. The van der Waals surface area contributed by atoms with Crippen LogP contribution in [0, 0.1) is 0 Å². The van der Waals surface area contributed by atoms with Gasteiger partial charge in [-0.25, -0.2) is 10.2 Å². The van der Waals surface area contributed by atoms with Crippen molar-refractivity contribution in [3.05, 3.63) is 0 Å². The standard InChI is InChI=1S/C11H20N2O3/c1-3-8-16-10-7-5-4-6-9(10)12-13-11(14)15-2/h10H,3-8H2,1-2H3,(H,13,14)/b12-9-. The molecule has 16 heavy (non-hydrogen) atoms. The van der Waals surface area contributed by atoms with E-state index in [0.717, 1.165) is 44.4 Å². The summed E-state index contributed by atoms with van der Waals surface area (Å²) >= 11 is 0. The van der Waals surface area contributed by atoms with Crippen molar-refractivity contribution in [3.63, 3.8) is 0 Å². The van der Waals surface area contributed by atoms with Gasteiger partial charge in [-0.15, -0.1) is 0 Å². The van der Waals surface area contributed by atoms with Crippen LogP contribution in [0.4, 0.5) is 4.79 Å². The number of carbonyl (C=O) groups is 1. The highest BCUT2D eigenvalue weighted by molar-refractivity contribution is 5.90. The summed E-state index contributed by atoms with van der Waals surface area (Å²) in [7, 11) is 1.32. The van der Waals surface area contributed by atoms with Crippen molar-refractivity contribution < 1.29 is 14.3 Å². The van der Waals surface area contributed by atoms with Crippen molar-refractivity contribution >= 4 is 11.8 Å². The lowest BCUT2D eigenvalue weighted by Crippen LogP contribution is -2.31. The van der Waals surface area contributed by atoms with Crippen LogP contribution in [0.2, 0.25) is 0 Å². The quantitative estimate of drug-likeness (QED) is 0.749. The molecule has 0 saturated heterocycles. The first-order valence-corrected chi connectivity index (χ1v) is 5.80. The molecule has 0 aromatic heterocycles. The number of methoxy groups -OCH3 is 1. The normalized spacial score (nSPS) is 23.1. The Balaban J connectivity index is 2.48. The number of nitrogens with zero attached hydrogens (tertiary/aromatic N) is 1. The summed E-state index contributed by atoms with van der Waals surface area (Å²) in [4.78, 5) is 10.9. The maximum absolute atomic E-state index is 10.9. The molecule has 0 radical (unpaired) electrons. The van der Waals surface area contributed by atoms with Gasteiger partial charge in [0.15, 0.2) is 0 Å². The minimum atomic E-state index is -0.535. The van der Waals surface area contributed by atoms with Gasteiger partial charge in [-0.2, -0.15) is 5.10 Å². The fraction of sp³-hybridized carbons (Fsp3) is 0.818. The number of carbonyl (C=O) groups excluding carboxylic acids is 1. The van der Waals surface area contributed by atoms with Crippen molar-refractivity contribution in [1.82, 2.24) is 5.43 Å². The second-order valence-electron chi connectivity index (χ2n) is 3.81. The molecule has 1 N–H and O–H groups in total. The third-order valence-corrected chi connectivity index (χ3v) is 2.52. The van der Waals surface area contributed by atoms with Gasteiger partial charge in [-0.1, -0.05) is 13.3 Å². The first-order valence-electron chi connectivity index (χ1n) is 5.80. The van der Waals surface area contributed by atoms with Gasteiger partial charge < -0.3 is 9.47 Å². The van der Waals surface area contributed by atoms with E-state index in [9.17, 15) is 4.79 Å². The van der Waals surface area contributed by atoms with Gasteiger partial charge in [0, 0.05) is 6.61 Å². The topological polar surface area (TPSA) is 59.9 Å². The molecule has 1 amide bonds. The highest BCUT2D eigenvalue weighted by Crippen LogP contribution is 2.18. The van der Waals surface area contributed by atoms with Crippen molar-refractivity contribution in [1.29, 1.82) is 0 Å². The van der Waals surface area contributed by atoms with Gasteiger partial charge >= 0.3 is 6.09 Å². The minimum absolute atomic E-state index is 0.0610. The smallest absolute Gasteiger partial charge is 0.427 e. The Morgan fingerprint density at radius 1 is 1.56 bits per heavy atom. The van der Waals surface area contributed by atoms with E-state index in [4.69, 9.17) is 4.74 Å². The number of hydrazone groups is 1. The zero-order valence-electron chi connectivity index (χ0n) is 9.99. The summed E-state index contributed by atoms with van der Waals surface area (Å²) in [6, 6.07) is 0. The third kappa shape index (κ3) is 4.18. The Bertz CT molecular complexity index is 254. The van der Waals surface area contributed by atoms with Crippen molar-refractivity contribution in [2.45, 2.75) is 45.1 Å². The molecule has 1 aliphatic carbocycles. The molecule has 92 valence electrons. The molecule has 0 spiro atoms. The predicted molar refractivity (Wildman–Crippen MR) is 61.5 cm³/mol. The van der Waals surface area contributed by atoms with E-state index in [1.165, 1.54) is 7.11 Å². The average Bonchev–Trinajstić information content (AvgIpc) is 2.34. The van der Waals surface area contributed by atoms with Gasteiger partial charge in [0.25, 0.3) is 0 Å². The Kier molecular flexibility index (Phi) is 5.85. The zero-order valence-corrected chi connectivity index (χ0v) is 9.99. The van der Waals surface area contributed by atoms with Crippen LogP contribution in [-0.4, -0.2) is 31.6 Å². The molecular weight excluding hydrogens is 208 g/mol. The van der Waals surface area contributed by atoms with Crippen LogP contribution >= 0.6 is 0 Å². The fourth-order valence-electron chi connectivity index (χ4n) is 1.69. The lowest BCUT2D eigenvalue weighted by Gasteiger charge is -2.23. The number of rotatable bonds is 4. The molecule has 0 aromatic carbocycles.